The minimum atomic E-state index is 1.06. The monoisotopic (exact) mass is 192 g/mol. The van der Waals surface area contributed by atoms with Crippen LogP contribution >= 0.6 is 0 Å². The Hall–Kier alpha value is -0.890. The molecule has 1 heterocycles. The molecular formula is C12H20N2. The first kappa shape index (κ1) is 11.2. The third-order valence-electron chi connectivity index (χ3n) is 2.24. The fourth-order valence-corrected chi connectivity index (χ4v) is 1.65. The minimum absolute atomic E-state index is 1.06. The SMILES string of the molecule is CCCN(CCC)Cc1ccncc1. The highest BCUT2D eigenvalue weighted by molar-refractivity contribution is 5.09. The molecular weight excluding hydrogens is 172 g/mol. The number of pyridine rings is 1. The summed E-state index contributed by atoms with van der Waals surface area (Å²) in [6.45, 7) is 7.90. The van der Waals surface area contributed by atoms with E-state index in [2.05, 4.69) is 35.9 Å². The number of rotatable bonds is 6. The molecule has 0 amide bonds. The molecule has 0 aliphatic heterocycles. The molecule has 0 aromatic carbocycles. The summed E-state index contributed by atoms with van der Waals surface area (Å²) in [5, 5.41) is 0. The van der Waals surface area contributed by atoms with Crippen molar-refractivity contribution in [2.24, 2.45) is 0 Å². The highest BCUT2D eigenvalue weighted by atomic mass is 15.1. The zero-order valence-electron chi connectivity index (χ0n) is 9.24. The van der Waals surface area contributed by atoms with Gasteiger partial charge in [0.15, 0.2) is 0 Å². The summed E-state index contributed by atoms with van der Waals surface area (Å²) in [5.41, 5.74) is 1.36. The fraction of sp³-hybridized carbons (Fsp3) is 0.583. The molecule has 0 saturated heterocycles. The lowest BCUT2D eigenvalue weighted by atomic mass is 10.2. The Labute approximate surface area is 87.0 Å². The van der Waals surface area contributed by atoms with Gasteiger partial charge in [-0.2, -0.15) is 0 Å². The largest absolute Gasteiger partial charge is 0.299 e. The lowest BCUT2D eigenvalue weighted by Crippen LogP contribution is -2.24. The van der Waals surface area contributed by atoms with Crippen LogP contribution in [0.15, 0.2) is 24.5 Å². The normalized spacial score (nSPS) is 10.8. The van der Waals surface area contributed by atoms with Crippen LogP contribution in [0, 0.1) is 0 Å². The molecule has 0 aliphatic rings. The van der Waals surface area contributed by atoms with Gasteiger partial charge in [-0.25, -0.2) is 0 Å². The van der Waals surface area contributed by atoms with Crippen LogP contribution in [-0.4, -0.2) is 23.0 Å². The molecule has 0 unspecified atom stereocenters. The maximum Gasteiger partial charge on any atom is 0.0271 e. The lowest BCUT2D eigenvalue weighted by molar-refractivity contribution is 0.266. The van der Waals surface area contributed by atoms with Gasteiger partial charge in [-0.05, 0) is 43.6 Å². The zero-order valence-corrected chi connectivity index (χ0v) is 9.24. The van der Waals surface area contributed by atoms with Gasteiger partial charge in [-0.15, -0.1) is 0 Å². The third-order valence-corrected chi connectivity index (χ3v) is 2.24. The molecule has 14 heavy (non-hydrogen) atoms. The second-order valence-electron chi connectivity index (χ2n) is 3.63. The van der Waals surface area contributed by atoms with Crippen molar-refractivity contribution in [1.29, 1.82) is 0 Å². The second kappa shape index (κ2) is 6.55. The van der Waals surface area contributed by atoms with Crippen molar-refractivity contribution in [3.8, 4) is 0 Å². The summed E-state index contributed by atoms with van der Waals surface area (Å²) in [6.07, 6.45) is 6.19. The Morgan fingerprint density at radius 3 is 2.14 bits per heavy atom. The van der Waals surface area contributed by atoms with Gasteiger partial charge in [0.25, 0.3) is 0 Å². The molecule has 2 heteroatoms. The Bertz CT molecular complexity index is 227. The smallest absolute Gasteiger partial charge is 0.0271 e. The highest BCUT2D eigenvalue weighted by Gasteiger charge is 2.02. The molecule has 0 radical (unpaired) electrons. The fourth-order valence-electron chi connectivity index (χ4n) is 1.65. The summed E-state index contributed by atoms with van der Waals surface area (Å²) in [7, 11) is 0. The van der Waals surface area contributed by atoms with Gasteiger partial charge >= 0.3 is 0 Å². The topological polar surface area (TPSA) is 16.1 Å². The van der Waals surface area contributed by atoms with Gasteiger partial charge in [-0.3, -0.25) is 9.88 Å². The molecule has 0 atom stereocenters. The predicted molar refractivity (Wildman–Crippen MR) is 60.1 cm³/mol. The quantitative estimate of drug-likeness (QED) is 0.689. The first-order valence-electron chi connectivity index (χ1n) is 5.48. The van der Waals surface area contributed by atoms with Crippen molar-refractivity contribution >= 4 is 0 Å². The van der Waals surface area contributed by atoms with E-state index in [1.807, 2.05) is 12.4 Å². The second-order valence-corrected chi connectivity index (χ2v) is 3.63. The van der Waals surface area contributed by atoms with E-state index < -0.39 is 0 Å². The van der Waals surface area contributed by atoms with Crippen molar-refractivity contribution < 1.29 is 0 Å². The van der Waals surface area contributed by atoms with E-state index in [0.717, 1.165) is 6.54 Å². The standard InChI is InChI=1S/C12H20N2/c1-3-9-14(10-4-2)11-12-5-7-13-8-6-12/h5-8H,3-4,9-11H2,1-2H3. The van der Waals surface area contributed by atoms with Crippen molar-refractivity contribution in [3.63, 3.8) is 0 Å². The summed E-state index contributed by atoms with van der Waals surface area (Å²) in [6, 6.07) is 4.19. The van der Waals surface area contributed by atoms with Crippen molar-refractivity contribution in [2.45, 2.75) is 33.2 Å². The average Bonchev–Trinajstić information content (AvgIpc) is 2.20. The van der Waals surface area contributed by atoms with Gasteiger partial charge in [0.1, 0.15) is 0 Å². The molecule has 0 bridgehead atoms. The Morgan fingerprint density at radius 2 is 1.64 bits per heavy atom. The molecule has 1 aromatic rings. The van der Waals surface area contributed by atoms with Crippen molar-refractivity contribution in [2.75, 3.05) is 13.1 Å². The zero-order chi connectivity index (χ0) is 10.2. The minimum Gasteiger partial charge on any atom is -0.299 e. The maximum absolute atomic E-state index is 4.03. The van der Waals surface area contributed by atoms with Gasteiger partial charge < -0.3 is 0 Å². The van der Waals surface area contributed by atoms with E-state index in [1.165, 1.54) is 31.5 Å². The Kier molecular flexibility index (Phi) is 5.23. The van der Waals surface area contributed by atoms with Crippen LogP contribution < -0.4 is 0 Å². The Morgan fingerprint density at radius 1 is 1.07 bits per heavy atom. The number of aromatic nitrogens is 1. The molecule has 1 rings (SSSR count). The van der Waals surface area contributed by atoms with Gasteiger partial charge in [0.2, 0.25) is 0 Å². The average molecular weight is 192 g/mol. The molecule has 0 saturated carbocycles. The summed E-state index contributed by atoms with van der Waals surface area (Å²) in [4.78, 5) is 6.52. The van der Waals surface area contributed by atoms with Crippen molar-refractivity contribution in [1.82, 2.24) is 9.88 Å². The molecule has 1 aromatic heterocycles. The van der Waals surface area contributed by atoms with E-state index >= 15 is 0 Å². The molecule has 2 nitrogen and oxygen atoms in total. The molecule has 0 aliphatic carbocycles. The first-order valence-corrected chi connectivity index (χ1v) is 5.48. The summed E-state index contributed by atoms with van der Waals surface area (Å²) >= 11 is 0. The van der Waals surface area contributed by atoms with Crippen LogP contribution in [0.3, 0.4) is 0 Å². The van der Waals surface area contributed by atoms with Gasteiger partial charge in [0.05, 0.1) is 0 Å². The van der Waals surface area contributed by atoms with E-state index in [9.17, 15) is 0 Å². The van der Waals surface area contributed by atoms with Crippen LogP contribution in [0.1, 0.15) is 32.3 Å². The van der Waals surface area contributed by atoms with E-state index in [-0.39, 0.29) is 0 Å². The van der Waals surface area contributed by atoms with E-state index in [4.69, 9.17) is 0 Å². The number of hydrogen-bond donors (Lipinski definition) is 0. The maximum atomic E-state index is 4.03. The Balaban J connectivity index is 2.46. The number of hydrogen-bond acceptors (Lipinski definition) is 2. The van der Waals surface area contributed by atoms with Gasteiger partial charge in [-0.1, -0.05) is 13.8 Å². The third kappa shape index (κ3) is 3.88. The summed E-state index contributed by atoms with van der Waals surface area (Å²) < 4.78 is 0. The molecule has 0 N–H and O–H groups in total. The summed E-state index contributed by atoms with van der Waals surface area (Å²) in [5.74, 6) is 0. The van der Waals surface area contributed by atoms with Crippen LogP contribution in [0.4, 0.5) is 0 Å². The predicted octanol–water partition coefficient (Wildman–Crippen LogP) is 2.70. The van der Waals surface area contributed by atoms with Crippen LogP contribution in [-0.2, 0) is 6.54 Å². The van der Waals surface area contributed by atoms with Crippen LogP contribution in [0.25, 0.3) is 0 Å². The first-order chi connectivity index (χ1) is 6.86. The number of nitrogens with zero attached hydrogens (tertiary/aromatic N) is 2. The van der Waals surface area contributed by atoms with Crippen molar-refractivity contribution in [3.05, 3.63) is 30.1 Å². The van der Waals surface area contributed by atoms with E-state index in [1.54, 1.807) is 0 Å². The molecule has 0 fully saturated rings. The van der Waals surface area contributed by atoms with Crippen LogP contribution in [0.5, 0.6) is 0 Å². The molecule has 0 spiro atoms. The van der Waals surface area contributed by atoms with Crippen LogP contribution in [0.2, 0.25) is 0 Å². The van der Waals surface area contributed by atoms with E-state index in [0.29, 0.717) is 0 Å². The highest BCUT2D eigenvalue weighted by Crippen LogP contribution is 2.04. The lowest BCUT2D eigenvalue weighted by Gasteiger charge is -2.20. The molecule has 78 valence electrons. The van der Waals surface area contributed by atoms with Gasteiger partial charge in [0, 0.05) is 18.9 Å².